The Morgan fingerprint density at radius 3 is 2.77 bits per heavy atom. The van der Waals surface area contributed by atoms with E-state index in [4.69, 9.17) is 15.5 Å². The first kappa shape index (κ1) is 20.2. The molecule has 0 saturated carbocycles. The number of anilines is 2. The summed E-state index contributed by atoms with van der Waals surface area (Å²) >= 11 is 0. The van der Waals surface area contributed by atoms with Crippen molar-refractivity contribution in [2.24, 2.45) is 18.2 Å². The van der Waals surface area contributed by atoms with Gasteiger partial charge in [-0.2, -0.15) is 5.10 Å². The van der Waals surface area contributed by atoms with E-state index in [2.05, 4.69) is 10.00 Å². The topological polar surface area (TPSA) is 107 Å². The highest BCUT2D eigenvalue weighted by molar-refractivity contribution is 5.97. The molecule has 1 saturated heterocycles. The van der Waals surface area contributed by atoms with Crippen LogP contribution in [-0.2, 0) is 23.2 Å². The number of primary amides is 1. The fraction of sp³-hybridized carbons (Fsp3) is 0.524. The summed E-state index contributed by atoms with van der Waals surface area (Å²) < 4.78 is 7.44. The fourth-order valence-corrected chi connectivity index (χ4v) is 4.25. The molecule has 9 nitrogen and oxygen atoms in total. The lowest BCUT2D eigenvalue weighted by atomic mass is 9.81. The second kappa shape index (κ2) is 7.30. The molecule has 9 heteroatoms. The Bertz CT molecular complexity index is 1020. The molecule has 2 N–H and O–H groups in total. The fourth-order valence-electron chi connectivity index (χ4n) is 4.25. The van der Waals surface area contributed by atoms with Crippen LogP contribution in [0.2, 0.25) is 0 Å². The Balaban J connectivity index is 1.67. The van der Waals surface area contributed by atoms with Gasteiger partial charge in [0.2, 0.25) is 5.91 Å². The number of nitrogens with zero attached hydrogens (tertiary/aromatic N) is 5. The Hall–Kier alpha value is -3.10. The van der Waals surface area contributed by atoms with Crippen molar-refractivity contribution in [3.8, 4) is 5.75 Å². The third-order valence-corrected chi connectivity index (χ3v) is 6.32. The standard InChI is InChI=1S/C21H28N6O3/c1-13-15(14(2)25(4)24-13)10-27-18(28)11-30-16-6-7-17(23-19(16)27)26-9-5-8-21(3,12-26)20(22)29/h6-7H,5,8-12H2,1-4H3,(H2,22,29)/t21-/m0/s1. The number of hydrogen-bond donors (Lipinski definition) is 1. The van der Waals surface area contributed by atoms with Crippen molar-refractivity contribution >= 4 is 23.5 Å². The molecule has 0 spiro atoms. The molecule has 2 aliphatic heterocycles. The van der Waals surface area contributed by atoms with E-state index in [0.717, 1.165) is 36.3 Å². The van der Waals surface area contributed by atoms with Gasteiger partial charge in [0.15, 0.2) is 18.2 Å². The van der Waals surface area contributed by atoms with Crippen LogP contribution >= 0.6 is 0 Å². The second-order valence-electron chi connectivity index (χ2n) is 8.48. The first-order valence-corrected chi connectivity index (χ1v) is 10.2. The van der Waals surface area contributed by atoms with Crippen molar-refractivity contribution < 1.29 is 14.3 Å². The molecule has 2 amide bonds. The van der Waals surface area contributed by atoms with Crippen molar-refractivity contribution in [3.05, 3.63) is 29.1 Å². The number of ether oxygens (including phenoxy) is 1. The highest BCUT2D eigenvalue weighted by Gasteiger charge is 2.37. The van der Waals surface area contributed by atoms with Gasteiger partial charge >= 0.3 is 0 Å². The summed E-state index contributed by atoms with van der Waals surface area (Å²) in [6.45, 7) is 7.48. The summed E-state index contributed by atoms with van der Waals surface area (Å²) in [5, 5.41) is 4.46. The van der Waals surface area contributed by atoms with Gasteiger partial charge in [0, 0.05) is 31.4 Å². The SMILES string of the molecule is Cc1nn(C)c(C)c1CN1C(=O)COc2ccc(N3CCC[C@](C)(C(N)=O)C3)nc21. The van der Waals surface area contributed by atoms with Crippen LogP contribution in [0.4, 0.5) is 11.6 Å². The molecule has 30 heavy (non-hydrogen) atoms. The van der Waals surface area contributed by atoms with Crippen LogP contribution in [0.15, 0.2) is 12.1 Å². The number of carbonyl (C=O) groups excluding carboxylic acids is 2. The minimum Gasteiger partial charge on any atom is -0.480 e. The molecule has 0 aliphatic carbocycles. The van der Waals surface area contributed by atoms with Crippen molar-refractivity contribution in [1.29, 1.82) is 0 Å². The lowest BCUT2D eigenvalue weighted by Gasteiger charge is -2.39. The number of hydrogen-bond acceptors (Lipinski definition) is 6. The molecule has 0 aromatic carbocycles. The van der Waals surface area contributed by atoms with Crippen LogP contribution in [0.1, 0.15) is 36.7 Å². The monoisotopic (exact) mass is 412 g/mol. The van der Waals surface area contributed by atoms with E-state index in [-0.39, 0.29) is 18.4 Å². The lowest BCUT2D eigenvalue weighted by Crippen LogP contribution is -2.49. The number of piperidine rings is 1. The molecule has 160 valence electrons. The van der Waals surface area contributed by atoms with E-state index < -0.39 is 5.41 Å². The molecule has 4 heterocycles. The van der Waals surface area contributed by atoms with Crippen molar-refractivity contribution in [2.45, 2.75) is 40.2 Å². The van der Waals surface area contributed by atoms with Gasteiger partial charge < -0.3 is 15.4 Å². The van der Waals surface area contributed by atoms with Crippen LogP contribution in [0, 0.1) is 19.3 Å². The largest absolute Gasteiger partial charge is 0.480 e. The zero-order valence-corrected chi connectivity index (χ0v) is 17.9. The molecular formula is C21H28N6O3. The number of fused-ring (bicyclic) bond motifs is 1. The van der Waals surface area contributed by atoms with Gasteiger partial charge in [-0.25, -0.2) is 4.98 Å². The van der Waals surface area contributed by atoms with Crippen molar-refractivity contribution in [1.82, 2.24) is 14.8 Å². The normalized spacial score (nSPS) is 21.4. The Labute approximate surface area is 175 Å². The number of aromatic nitrogens is 3. The molecule has 0 bridgehead atoms. The number of pyridine rings is 1. The number of amides is 2. The second-order valence-corrected chi connectivity index (χ2v) is 8.48. The average molecular weight is 412 g/mol. The third-order valence-electron chi connectivity index (χ3n) is 6.32. The summed E-state index contributed by atoms with van der Waals surface area (Å²) in [6.07, 6.45) is 1.61. The molecule has 0 radical (unpaired) electrons. The maximum Gasteiger partial charge on any atom is 0.266 e. The van der Waals surface area contributed by atoms with Crippen molar-refractivity contribution in [2.75, 3.05) is 29.5 Å². The van der Waals surface area contributed by atoms with E-state index in [1.807, 2.05) is 44.6 Å². The Morgan fingerprint density at radius 1 is 1.33 bits per heavy atom. The third kappa shape index (κ3) is 3.38. The van der Waals surface area contributed by atoms with Gasteiger partial charge in [-0.05, 0) is 45.7 Å². The number of nitrogens with two attached hydrogens (primary N) is 1. The summed E-state index contributed by atoms with van der Waals surface area (Å²) in [5.74, 6) is 1.34. The summed E-state index contributed by atoms with van der Waals surface area (Å²) in [6, 6.07) is 3.72. The van der Waals surface area contributed by atoms with Gasteiger partial charge in [0.1, 0.15) is 5.82 Å². The highest BCUT2D eigenvalue weighted by Crippen LogP contribution is 2.36. The van der Waals surface area contributed by atoms with Gasteiger partial charge in [-0.15, -0.1) is 0 Å². The molecule has 1 atom stereocenters. The number of aryl methyl sites for hydroxylation is 2. The minimum absolute atomic E-state index is 0.0180. The van der Waals surface area contributed by atoms with Gasteiger partial charge in [0.05, 0.1) is 17.7 Å². The van der Waals surface area contributed by atoms with Crippen LogP contribution < -0.4 is 20.3 Å². The molecule has 4 rings (SSSR count). The Kier molecular flexibility index (Phi) is 4.91. The van der Waals surface area contributed by atoms with E-state index in [1.54, 1.807) is 4.90 Å². The van der Waals surface area contributed by atoms with Crippen LogP contribution in [0.25, 0.3) is 0 Å². The molecule has 2 aromatic heterocycles. The van der Waals surface area contributed by atoms with Crippen LogP contribution in [0.5, 0.6) is 5.75 Å². The van der Waals surface area contributed by atoms with E-state index in [1.165, 1.54) is 0 Å². The number of rotatable bonds is 4. The van der Waals surface area contributed by atoms with Gasteiger partial charge in [-0.3, -0.25) is 19.2 Å². The highest BCUT2D eigenvalue weighted by atomic mass is 16.5. The minimum atomic E-state index is -0.591. The van der Waals surface area contributed by atoms with E-state index in [0.29, 0.717) is 30.5 Å². The van der Waals surface area contributed by atoms with Gasteiger partial charge in [-0.1, -0.05) is 0 Å². The predicted molar refractivity (Wildman–Crippen MR) is 112 cm³/mol. The molecule has 2 aromatic rings. The lowest BCUT2D eigenvalue weighted by molar-refractivity contribution is -0.127. The predicted octanol–water partition coefficient (Wildman–Crippen LogP) is 1.45. The van der Waals surface area contributed by atoms with Crippen LogP contribution in [0.3, 0.4) is 0 Å². The molecule has 1 fully saturated rings. The van der Waals surface area contributed by atoms with Crippen LogP contribution in [-0.4, -0.2) is 46.3 Å². The summed E-state index contributed by atoms with van der Waals surface area (Å²) in [7, 11) is 1.89. The van der Waals surface area contributed by atoms with E-state index >= 15 is 0 Å². The first-order chi connectivity index (χ1) is 14.2. The molecular weight excluding hydrogens is 384 g/mol. The number of carbonyl (C=O) groups is 2. The van der Waals surface area contributed by atoms with Crippen molar-refractivity contribution in [3.63, 3.8) is 0 Å². The summed E-state index contributed by atoms with van der Waals surface area (Å²) in [5.41, 5.74) is 7.96. The maximum atomic E-state index is 12.7. The average Bonchev–Trinajstić information content (AvgIpc) is 2.95. The molecule has 0 unspecified atom stereocenters. The molecule has 2 aliphatic rings. The van der Waals surface area contributed by atoms with E-state index in [9.17, 15) is 9.59 Å². The zero-order valence-electron chi connectivity index (χ0n) is 17.9. The smallest absolute Gasteiger partial charge is 0.266 e. The zero-order chi connectivity index (χ0) is 21.6. The Morgan fingerprint density at radius 2 is 2.10 bits per heavy atom. The maximum absolute atomic E-state index is 12.7. The quantitative estimate of drug-likeness (QED) is 0.815. The summed E-state index contributed by atoms with van der Waals surface area (Å²) in [4.78, 5) is 33.2. The first-order valence-electron chi connectivity index (χ1n) is 10.2. The van der Waals surface area contributed by atoms with Gasteiger partial charge in [0.25, 0.3) is 5.91 Å².